The molecule has 18 heavy (non-hydrogen) atoms. The van der Waals surface area contributed by atoms with Crippen LogP contribution in [-0.4, -0.2) is 21.5 Å². The Hall–Kier alpha value is -1.97. The summed E-state index contributed by atoms with van der Waals surface area (Å²) in [6, 6.07) is 5.91. The zero-order chi connectivity index (χ0) is 12.8. The van der Waals surface area contributed by atoms with Gasteiger partial charge in [-0.2, -0.15) is 0 Å². The SMILES string of the molecule is CCCc1nc(NCC)cc(-c2cccnc2)n1. The van der Waals surface area contributed by atoms with Crippen LogP contribution in [0.15, 0.2) is 30.6 Å². The first-order valence-electron chi connectivity index (χ1n) is 6.35. The Morgan fingerprint density at radius 3 is 2.78 bits per heavy atom. The zero-order valence-corrected chi connectivity index (χ0v) is 10.8. The number of nitrogens with zero attached hydrogens (tertiary/aromatic N) is 3. The molecule has 0 fully saturated rings. The molecule has 94 valence electrons. The Labute approximate surface area is 108 Å². The first-order chi connectivity index (χ1) is 8.83. The third-order valence-electron chi connectivity index (χ3n) is 2.56. The van der Waals surface area contributed by atoms with Gasteiger partial charge in [0.05, 0.1) is 5.69 Å². The van der Waals surface area contributed by atoms with Gasteiger partial charge in [-0.3, -0.25) is 4.98 Å². The van der Waals surface area contributed by atoms with Gasteiger partial charge in [0.15, 0.2) is 0 Å². The van der Waals surface area contributed by atoms with Crippen molar-refractivity contribution in [3.8, 4) is 11.3 Å². The molecule has 4 nitrogen and oxygen atoms in total. The number of nitrogens with one attached hydrogen (secondary N) is 1. The van der Waals surface area contributed by atoms with Gasteiger partial charge >= 0.3 is 0 Å². The lowest BCUT2D eigenvalue weighted by molar-refractivity contribution is 0.836. The Bertz CT molecular complexity index is 472. The van der Waals surface area contributed by atoms with Crippen molar-refractivity contribution in [2.75, 3.05) is 11.9 Å². The normalized spacial score (nSPS) is 10.3. The molecule has 0 saturated carbocycles. The molecule has 0 radical (unpaired) electrons. The molecular weight excluding hydrogens is 224 g/mol. The van der Waals surface area contributed by atoms with Crippen LogP contribution in [0.5, 0.6) is 0 Å². The molecule has 0 unspecified atom stereocenters. The van der Waals surface area contributed by atoms with Crippen LogP contribution < -0.4 is 5.32 Å². The van der Waals surface area contributed by atoms with E-state index in [2.05, 4.69) is 34.1 Å². The Morgan fingerprint density at radius 1 is 1.22 bits per heavy atom. The van der Waals surface area contributed by atoms with Gasteiger partial charge in [-0.1, -0.05) is 6.92 Å². The maximum absolute atomic E-state index is 4.58. The van der Waals surface area contributed by atoms with Crippen molar-refractivity contribution in [3.63, 3.8) is 0 Å². The molecule has 4 heteroatoms. The molecule has 0 aliphatic rings. The molecule has 0 aromatic carbocycles. The number of anilines is 1. The van der Waals surface area contributed by atoms with Gasteiger partial charge in [0, 0.05) is 37.0 Å². The number of hydrogen-bond acceptors (Lipinski definition) is 4. The first kappa shape index (κ1) is 12.5. The number of aromatic nitrogens is 3. The minimum Gasteiger partial charge on any atom is -0.370 e. The summed E-state index contributed by atoms with van der Waals surface area (Å²) >= 11 is 0. The lowest BCUT2D eigenvalue weighted by Gasteiger charge is -2.08. The number of pyridine rings is 1. The van der Waals surface area contributed by atoms with Crippen molar-refractivity contribution >= 4 is 5.82 Å². The van der Waals surface area contributed by atoms with Crippen LogP contribution in [0.1, 0.15) is 26.1 Å². The van der Waals surface area contributed by atoms with E-state index in [1.165, 1.54) is 0 Å². The van der Waals surface area contributed by atoms with E-state index >= 15 is 0 Å². The Balaban J connectivity index is 2.39. The summed E-state index contributed by atoms with van der Waals surface area (Å²) in [5.41, 5.74) is 1.95. The van der Waals surface area contributed by atoms with Crippen molar-refractivity contribution < 1.29 is 0 Å². The van der Waals surface area contributed by atoms with Gasteiger partial charge in [-0.15, -0.1) is 0 Å². The van der Waals surface area contributed by atoms with Crippen molar-refractivity contribution in [1.82, 2.24) is 15.0 Å². The average molecular weight is 242 g/mol. The topological polar surface area (TPSA) is 50.7 Å². The summed E-state index contributed by atoms with van der Waals surface area (Å²) in [6.07, 6.45) is 5.53. The zero-order valence-electron chi connectivity index (χ0n) is 10.8. The predicted molar refractivity (Wildman–Crippen MR) is 73.4 cm³/mol. The third kappa shape index (κ3) is 3.03. The molecule has 2 rings (SSSR count). The third-order valence-corrected chi connectivity index (χ3v) is 2.56. The fourth-order valence-corrected chi connectivity index (χ4v) is 1.77. The summed E-state index contributed by atoms with van der Waals surface area (Å²) in [5, 5.41) is 3.24. The van der Waals surface area contributed by atoms with Crippen LogP contribution in [0, 0.1) is 0 Å². The van der Waals surface area contributed by atoms with E-state index in [1.807, 2.05) is 24.4 Å². The van der Waals surface area contributed by atoms with Crippen LogP contribution in [0.2, 0.25) is 0 Å². The Morgan fingerprint density at radius 2 is 2.11 bits per heavy atom. The smallest absolute Gasteiger partial charge is 0.131 e. The highest BCUT2D eigenvalue weighted by atomic mass is 15.0. The predicted octanol–water partition coefficient (Wildman–Crippen LogP) is 2.92. The second-order valence-electron chi connectivity index (χ2n) is 4.08. The van der Waals surface area contributed by atoms with E-state index in [0.29, 0.717) is 0 Å². The van der Waals surface area contributed by atoms with Gasteiger partial charge < -0.3 is 5.32 Å². The molecule has 1 N–H and O–H groups in total. The van der Waals surface area contributed by atoms with E-state index < -0.39 is 0 Å². The molecule has 0 bridgehead atoms. The van der Waals surface area contributed by atoms with E-state index in [9.17, 15) is 0 Å². The van der Waals surface area contributed by atoms with Gasteiger partial charge in [-0.25, -0.2) is 9.97 Å². The molecule has 0 atom stereocenters. The van der Waals surface area contributed by atoms with Crippen molar-refractivity contribution in [2.24, 2.45) is 0 Å². The second-order valence-corrected chi connectivity index (χ2v) is 4.08. The molecule has 0 spiro atoms. The van der Waals surface area contributed by atoms with Crippen LogP contribution in [-0.2, 0) is 6.42 Å². The first-order valence-corrected chi connectivity index (χ1v) is 6.35. The summed E-state index contributed by atoms with van der Waals surface area (Å²) in [4.78, 5) is 13.2. The van der Waals surface area contributed by atoms with Crippen LogP contribution >= 0.6 is 0 Å². The number of aryl methyl sites for hydroxylation is 1. The molecule has 0 aliphatic heterocycles. The van der Waals surface area contributed by atoms with Gasteiger partial charge in [0.2, 0.25) is 0 Å². The summed E-state index contributed by atoms with van der Waals surface area (Å²) in [7, 11) is 0. The fourth-order valence-electron chi connectivity index (χ4n) is 1.77. The highest BCUT2D eigenvalue weighted by molar-refractivity contribution is 5.61. The standard InChI is InChI=1S/C14H18N4/c1-3-6-13-17-12(9-14(18-13)16-4-2)11-7-5-8-15-10-11/h5,7-10H,3-4,6H2,1-2H3,(H,16,17,18). The molecule has 0 saturated heterocycles. The Kier molecular flexibility index (Phi) is 4.23. The monoisotopic (exact) mass is 242 g/mol. The summed E-state index contributed by atoms with van der Waals surface area (Å²) < 4.78 is 0. The lowest BCUT2D eigenvalue weighted by Crippen LogP contribution is -2.04. The molecule has 2 heterocycles. The lowest BCUT2D eigenvalue weighted by atomic mass is 10.2. The molecule has 0 aliphatic carbocycles. The summed E-state index contributed by atoms with van der Waals surface area (Å²) in [5.74, 6) is 1.77. The largest absolute Gasteiger partial charge is 0.370 e. The van der Waals surface area contributed by atoms with Crippen molar-refractivity contribution in [2.45, 2.75) is 26.7 Å². The molecule has 2 aromatic heterocycles. The molecule has 0 amide bonds. The van der Waals surface area contributed by atoms with Gasteiger partial charge in [-0.05, 0) is 25.5 Å². The van der Waals surface area contributed by atoms with Crippen molar-refractivity contribution in [3.05, 3.63) is 36.4 Å². The van der Waals surface area contributed by atoms with E-state index in [-0.39, 0.29) is 0 Å². The summed E-state index contributed by atoms with van der Waals surface area (Å²) in [6.45, 7) is 5.05. The molecule has 2 aromatic rings. The fraction of sp³-hybridized carbons (Fsp3) is 0.357. The minimum atomic E-state index is 0.856. The van der Waals surface area contributed by atoms with Crippen molar-refractivity contribution in [1.29, 1.82) is 0 Å². The quantitative estimate of drug-likeness (QED) is 0.875. The van der Waals surface area contributed by atoms with Gasteiger partial charge in [0.25, 0.3) is 0 Å². The second kappa shape index (κ2) is 6.10. The number of rotatable bonds is 5. The van der Waals surface area contributed by atoms with E-state index in [1.54, 1.807) is 6.20 Å². The number of hydrogen-bond donors (Lipinski definition) is 1. The maximum Gasteiger partial charge on any atom is 0.131 e. The van der Waals surface area contributed by atoms with Crippen LogP contribution in [0.25, 0.3) is 11.3 Å². The highest BCUT2D eigenvalue weighted by Crippen LogP contribution is 2.19. The average Bonchev–Trinajstić information content (AvgIpc) is 2.40. The maximum atomic E-state index is 4.58. The van der Waals surface area contributed by atoms with Gasteiger partial charge in [0.1, 0.15) is 11.6 Å². The highest BCUT2D eigenvalue weighted by Gasteiger charge is 2.05. The van der Waals surface area contributed by atoms with E-state index in [0.717, 1.165) is 42.3 Å². The van der Waals surface area contributed by atoms with Crippen LogP contribution in [0.3, 0.4) is 0 Å². The van der Waals surface area contributed by atoms with E-state index in [4.69, 9.17) is 0 Å². The van der Waals surface area contributed by atoms with Crippen LogP contribution in [0.4, 0.5) is 5.82 Å². The minimum absolute atomic E-state index is 0.856. The molecular formula is C14H18N4.